The van der Waals surface area contributed by atoms with Crippen LogP contribution >= 0.6 is 0 Å². The Labute approximate surface area is 107 Å². The third-order valence-corrected chi connectivity index (χ3v) is 3.60. The van der Waals surface area contributed by atoms with Crippen LogP contribution in [0, 0.1) is 0 Å². The zero-order chi connectivity index (χ0) is 13.2. The molecule has 0 spiro atoms. The number of carbonyl (C=O) groups excluding carboxylic acids is 2. The van der Waals surface area contributed by atoms with Gasteiger partial charge in [-0.05, 0) is 26.7 Å². The molecule has 1 unspecified atom stereocenters. The summed E-state index contributed by atoms with van der Waals surface area (Å²) >= 11 is 0. The SMILES string of the molecule is CC1(C)C(=O)NCCN1C(=O)NCC1CCCO1. The highest BCUT2D eigenvalue weighted by molar-refractivity contribution is 5.91. The predicted octanol–water partition coefficient (Wildman–Crippen LogP) is 0.0854. The summed E-state index contributed by atoms with van der Waals surface area (Å²) in [6.45, 7) is 5.86. The molecule has 0 aliphatic carbocycles. The summed E-state index contributed by atoms with van der Waals surface area (Å²) in [5.41, 5.74) is -0.793. The van der Waals surface area contributed by atoms with Crippen LogP contribution < -0.4 is 10.6 Å². The van der Waals surface area contributed by atoms with Gasteiger partial charge in [0.15, 0.2) is 0 Å². The molecule has 2 heterocycles. The third-order valence-electron chi connectivity index (χ3n) is 3.60. The summed E-state index contributed by atoms with van der Waals surface area (Å²) in [6, 6.07) is -0.189. The summed E-state index contributed by atoms with van der Waals surface area (Å²) < 4.78 is 5.45. The van der Waals surface area contributed by atoms with Crippen LogP contribution in [0.2, 0.25) is 0 Å². The summed E-state index contributed by atoms with van der Waals surface area (Å²) in [7, 11) is 0. The van der Waals surface area contributed by atoms with E-state index in [-0.39, 0.29) is 18.0 Å². The maximum Gasteiger partial charge on any atom is 0.318 e. The van der Waals surface area contributed by atoms with E-state index in [1.807, 2.05) is 0 Å². The van der Waals surface area contributed by atoms with Crippen molar-refractivity contribution >= 4 is 11.9 Å². The molecule has 0 radical (unpaired) electrons. The van der Waals surface area contributed by atoms with Crippen LogP contribution in [0.4, 0.5) is 4.79 Å². The Morgan fingerprint density at radius 1 is 1.61 bits per heavy atom. The zero-order valence-electron chi connectivity index (χ0n) is 11.0. The molecule has 2 aliphatic heterocycles. The molecule has 0 aromatic carbocycles. The number of urea groups is 1. The fraction of sp³-hybridized carbons (Fsp3) is 0.833. The lowest BCUT2D eigenvalue weighted by Crippen LogP contribution is -2.65. The van der Waals surface area contributed by atoms with E-state index in [4.69, 9.17) is 4.74 Å². The topological polar surface area (TPSA) is 70.7 Å². The lowest BCUT2D eigenvalue weighted by molar-refractivity contribution is -0.132. The van der Waals surface area contributed by atoms with E-state index >= 15 is 0 Å². The Kier molecular flexibility index (Phi) is 3.75. The van der Waals surface area contributed by atoms with Crippen LogP contribution in [0.5, 0.6) is 0 Å². The van der Waals surface area contributed by atoms with Crippen molar-refractivity contribution in [3.8, 4) is 0 Å². The number of hydrogen-bond acceptors (Lipinski definition) is 3. The molecule has 0 aromatic rings. The van der Waals surface area contributed by atoms with Gasteiger partial charge in [0.2, 0.25) is 5.91 Å². The number of piperazine rings is 1. The van der Waals surface area contributed by atoms with E-state index in [0.29, 0.717) is 19.6 Å². The lowest BCUT2D eigenvalue weighted by Gasteiger charge is -2.41. The highest BCUT2D eigenvalue weighted by Crippen LogP contribution is 2.18. The van der Waals surface area contributed by atoms with E-state index in [9.17, 15) is 9.59 Å². The Morgan fingerprint density at radius 3 is 3.06 bits per heavy atom. The standard InChI is InChI=1S/C12H21N3O3/c1-12(2)10(16)13-5-6-15(12)11(17)14-8-9-4-3-7-18-9/h9H,3-8H2,1-2H3,(H,13,16)(H,14,17). The number of amides is 3. The Morgan fingerprint density at radius 2 is 2.39 bits per heavy atom. The number of rotatable bonds is 2. The van der Waals surface area contributed by atoms with Crippen LogP contribution in [0.25, 0.3) is 0 Å². The molecule has 18 heavy (non-hydrogen) atoms. The zero-order valence-corrected chi connectivity index (χ0v) is 11.0. The van der Waals surface area contributed by atoms with Crippen LogP contribution in [-0.2, 0) is 9.53 Å². The average Bonchev–Trinajstić information content (AvgIpc) is 2.82. The van der Waals surface area contributed by atoms with Gasteiger partial charge in [-0.15, -0.1) is 0 Å². The molecule has 0 bridgehead atoms. The largest absolute Gasteiger partial charge is 0.376 e. The minimum absolute atomic E-state index is 0.110. The molecule has 0 saturated carbocycles. The first-order valence-electron chi connectivity index (χ1n) is 6.47. The van der Waals surface area contributed by atoms with Gasteiger partial charge >= 0.3 is 6.03 Å². The maximum atomic E-state index is 12.1. The van der Waals surface area contributed by atoms with Gasteiger partial charge in [-0.1, -0.05) is 0 Å². The second-order valence-electron chi connectivity index (χ2n) is 5.29. The molecule has 3 amide bonds. The van der Waals surface area contributed by atoms with Gasteiger partial charge in [0.1, 0.15) is 5.54 Å². The molecular formula is C12H21N3O3. The smallest absolute Gasteiger partial charge is 0.318 e. The van der Waals surface area contributed by atoms with Crippen molar-refractivity contribution in [3.05, 3.63) is 0 Å². The minimum Gasteiger partial charge on any atom is -0.376 e. The van der Waals surface area contributed by atoms with E-state index in [0.717, 1.165) is 19.4 Å². The first-order valence-corrected chi connectivity index (χ1v) is 6.47. The molecule has 2 aliphatic rings. The van der Waals surface area contributed by atoms with Crippen LogP contribution in [-0.4, -0.2) is 54.7 Å². The summed E-state index contributed by atoms with van der Waals surface area (Å²) in [5.74, 6) is -0.110. The van der Waals surface area contributed by atoms with Crippen molar-refractivity contribution in [1.82, 2.24) is 15.5 Å². The van der Waals surface area contributed by atoms with Crippen molar-refractivity contribution < 1.29 is 14.3 Å². The molecule has 102 valence electrons. The molecule has 2 rings (SSSR count). The minimum atomic E-state index is -0.793. The fourth-order valence-corrected chi connectivity index (χ4v) is 2.36. The van der Waals surface area contributed by atoms with Gasteiger partial charge in [-0.3, -0.25) is 4.79 Å². The van der Waals surface area contributed by atoms with Crippen LogP contribution in [0.1, 0.15) is 26.7 Å². The normalized spacial score (nSPS) is 26.9. The van der Waals surface area contributed by atoms with Gasteiger partial charge < -0.3 is 20.3 Å². The van der Waals surface area contributed by atoms with Gasteiger partial charge in [-0.25, -0.2) is 4.79 Å². The first-order chi connectivity index (χ1) is 8.51. The quantitative estimate of drug-likeness (QED) is 0.734. The number of carbonyl (C=O) groups is 2. The molecule has 6 heteroatoms. The van der Waals surface area contributed by atoms with Gasteiger partial charge in [0.05, 0.1) is 6.10 Å². The number of nitrogens with one attached hydrogen (secondary N) is 2. The second kappa shape index (κ2) is 5.14. The Bertz CT molecular complexity index is 337. The van der Waals surface area contributed by atoms with Gasteiger partial charge in [0, 0.05) is 26.2 Å². The Hall–Kier alpha value is -1.30. The van der Waals surface area contributed by atoms with Gasteiger partial charge in [0.25, 0.3) is 0 Å². The van der Waals surface area contributed by atoms with E-state index in [2.05, 4.69) is 10.6 Å². The third kappa shape index (κ3) is 2.58. The number of ether oxygens (including phenoxy) is 1. The van der Waals surface area contributed by atoms with Crippen molar-refractivity contribution in [2.75, 3.05) is 26.2 Å². The molecule has 6 nitrogen and oxygen atoms in total. The molecule has 2 saturated heterocycles. The molecular weight excluding hydrogens is 234 g/mol. The highest BCUT2D eigenvalue weighted by Gasteiger charge is 2.40. The number of nitrogens with zero attached hydrogens (tertiary/aromatic N) is 1. The van der Waals surface area contributed by atoms with E-state index in [1.165, 1.54) is 0 Å². The molecule has 2 fully saturated rings. The molecule has 2 N–H and O–H groups in total. The van der Waals surface area contributed by atoms with Crippen LogP contribution in [0.15, 0.2) is 0 Å². The fourth-order valence-electron chi connectivity index (χ4n) is 2.36. The second-order valence-corrected chi connectivity index (χ2v) is 5.29. The summed E-state index contributed by atoms with van der Waals surface area (Å²) in [5, 5.41) is 5.62. The molecule has 1 atom stereocenters. The van der Waals surface area contributed by atoms with E-state index < -0.39 is 5.54 Å². The monoisotopic (exact) mass is 255 g/mol. The van der Waals surface area contributed by atoms with Crippen molar-refractivity contribution in [2.24, 2.45) is 0 Å². The lowest BCUT2D eigenvalue weighted by atomic mass is 9.99. The molecule has 0 aromatic heterocycles. The first kappa shape index (κ1) is 13.1. The highest BCUT2D eigenvalue weighted by atomic mass is 16.5. The summed E-state index contributed by atoms with van der Waals surface area (Å²) in [4.78, 5) is 25.4. The van der Waals surface area contributed by atoms with Crippen LogP contribution in [0.3, 0.4) is 0 Å². The Balaban J connectivity index is 1.89. The van der Waals surface area contributed by atoms with Gasteiger partial charge in [-0.2, -0.15) is 0 Å². The van der Waals surface area contributed by atoms with Crippen molar-refractivity contribution in [1.29, 1.82) is 0 Å². The predicted molar refractivity (Wildman–Crippen MR) is 66.2 cm³/mol. The van der Waals surface area contributed by atoms with Crippen molar-refractivity contribution in [3.63, 3.8) is 0 Å². The number of hydrogen-bond donors (Lipinski definition) is 2. The van der Waals surface area contributed by atoms with E-state index in [1.54, 1.807) is 18.7 Å². The summed E-state index contributed by atoms with van der Waals surface area (Å²) in [6.07, 6.45) is 2.16. The van der Waals surface area contributed by atoms with Crippen molar-refractivity contribution in [2.45, 2.75) is 38.3 Å². The average molecular weight is 255 g/mol. The maximum absolute atomic E-state index is 12.1.